The highest BCUT2D eigenvalue weighted by Crippen LogP contribution is 2.34. The number of hydrogen-bond acceptors (Lipinski definition) is 6. The summed E-state index contributed by atoms with van der Waals surface area (Å²) in [5.74, 6) is 0.296. The Balaban J connectivity index is 1.79. The lowest BCUT2D eigenvalue weighted by Crippen LogP contribution is -2.40. The van der Waals surface area contributed by atoms with E-state index in [1.807, 2.05) is 26.0 Å². The van der Waals surface area contributed by atoms with Crippen molar-refractivity contribution in [2.75, 3.05) is 19.0 Å². The molecular weight excluding hydrogens is 330 g/mol. The van der Waals surface area contributed by atoms with Gasteiger partial charge in [-0.15, -0.1) is 11.3 Å². The summed E-state index contributed by atoms with van der Waals surface area (Å²) >= 11 is 1.33. The number of methoxy groups -OCH3 is 1. The number of para-hydroxylation sites is 2. The van der Waals surface area contributed by atoms with Crippen molar-refractivity contribution >= 4 is 28.2 Å². The van der Waals surface area contributed by atoms with Gasteiger partial charge >= 0.3 is 5.97 Å². The van der Waals surface area contributed by atoms with Gasteiger partial charge in [0.15, 0.2) is 11.5 Å². The van der Waals surface area contributed by atoms with Crippen LogP contribution in [-0.4, -0.2) is 31.7 Å². The Labute approximate surface area is 143 Å². The fourth-order valence-electron chi connectivity index (χ4n) is 2.40. The molecule has 0 bridgehead atoms. The number of rotatable bonds is 3. The molecular formula is C17H17NO5S. The molecule has 7 heteroatoms. The van der Waals surface area contributed by atoms with Gasteiger partial charge < -0.3 is 19.5 Å². The Kier molecular flexibility index (Phi) is 4.44. The van der Waals surface area contributed by atoms with Gasteiger partial charge in [0.1, 0.15) is 11.6 Å². The van der Waals surface area contributed by atoms with Crippen LogP contribution in [0.3, 0.4) is 0 Å². The average molecular weight is 347 g/mol. The van der Waals surface area contributed by atoms with Crippen molar-refractivity contribution in [3.63, 3.8) is 0 Å². The zero-order valence-corrected chi connectivity index (χ0v) is 14.4. The summed E-state index contributed by atoms with van der Waals surface area (Å²) in [5.41, 5.74) is 1.18. The van der Waals surface area contributed by atoms with E-state index >= 15 is 0 Å². The maximum absolute atomic E-state index is 12.5. The van der Waals surface area contributed by atoms with E-state index in [4.69, 9.17) is 14.2 Å². The second-order valence-electron chi connectivity index (χ2n) is 5.33. The summed E-state index contributed by atoms with van der Waals surface area (Å²) in [6.07, 6.45) is -0.784. The molecule has 0 fully saturated rings. The third-order valence-electron chi connectivity index (χ3n) is 3.81. The summed E-state index contributed by atoms with van der Waals surface area (Å²) in [6.45, 7) is 3.82. The lowest BCUT2D eigenvalue weighted by molar-refractivity contribution is -0.125. The molecule has 0 saturated heterocycles. The first kappa shape index (κ1) is 16.3. The number of esters is 1. The van der Waals surface area contributed by atoms with Crippen molar-refractivity contribution in [1.82, 2.24) is 0 Å². The summed E-state index contributed by atoms with van der Waals surface area (Å²) in [4.78, 5) is 25.4. The predicted molar refractivity (Wildman–Crippen MR) is 90.1 cm³/mol. The molecule has 2 heterocycles. The number of fused-ring (bicyclic) bond motifs is 1. The van der Waals surface area contributed by atoms with E-state index in [1.165, 1.54) is 18.4 Å². The van der Waals surface area contributed by atoms with Crippen LogP contribution in [0.5, 0.6) is 11.5 Å². The predicted octanol–water partition coefficient (Wildman–Crippen LogP) is 2.93. The van der Waals surface area contributed by atoms with Crippen LogP contribution in [0, 0.1) is 13.8 Å². The zero-order chi connectivity index (χ0) is 17.3. The molecule has 0 spiro atoms. The van der Waals surface area contributed by atoms with Gasteiger partial charge in [0.25, 0.3) is 5.91 Å². The minimum atomic E-state index is -0.784. The van der Waals surface area contributed by atoms with Crippen LogP contribution in [0.2, 0.25) is 0 Å². The molecule has 24 heavy (non-hydrogen) atoms. The Bertz CT molecular complexity index is 798. The maximum Gasteiger partial charge on any atom is 0.341 e. The lowest BCUT2D eigenvalue weighted by atomic mass is 10.1. The molecule has 126 valence electrons. The highest BCUT2D eigenvalue weighted by Gasteiger charge is 2.29. The molecule has 1 amide bonds. The molecule has 2 aromatic rings. The number of ether oxygens (including phenoxy) is 3. The molecule has 1 aliphatic rings. The van der Waals surface area contributed by atoms with Crippen LogP contribution in [0.15, 0.2) is 24.3 Å². The van der Waals surface area contributed by atoms with Crippen molar-refractivity contribution < 1.29 is 23.8 Å². The van der Waals surface area contributed by atoms with E-state index in [2.05, 4.69) is 5.32 Å². The fourth-order valence-corrected chi connectivity index (χ4v) is 3.46. The van der Waals surface area contributed by atoms with Gasteiger partial charge in [-0.05, 0) is 31.5 Å². The number of thiophene rings is 1. The van der Waals surface area contributed by atoms with Crippen LogP contribution in [-0.2, 0) is 9.53 Å². The zero-order valence-electron chi connectivity index (χ0n) is 13.5. The monoisotopic (exact) mass is 347 g/mol. The molecule has 1 atom stereocenters. The fraction of sp³-hybridized carbons (Fsp3) is 0.294. The first-order valence-electron chi connectivity index (χ1n) is 7.39. The van der Waals surface area contributed by atoms with Crippen molar-refractivity contribution in [2.24, 2.45) is 0 Å². The van der Waals surface area contributed by atoms with Crippen molar-refractivity contribution in [3.05, 3.63) is 40.3 Å². The number of nitrogens with one attached hydrogen (secondary N) is 1. The van der Waals surface area contributed by atoms with Gasteiger partial charge in [-0.25, -0.2) is 4.79 Å². The van der Waals surface area contributed by atoms with E-state index in [0.717, 1.165) is 10.4 Å². The number of amides is 1. The molecule has 0 saturated carbocycles. The Hall–Kier alpha value is -2.54. The van der Waals surface area contributed by atoms with E-state index in [0.29, 0.717) is 22.1 Å². The van der Waals surface area contributed by atoms with Gasteiger partial charge in [0, 0.05) is 4.88 Å². The van der Waals surface area contributed by atoms with E-state index < -0.39 is 12.1 Å². The van der Waals surface area contributed by atoms with Gasteiger partial charge in [-0.2, -0.15) is 0 Å². The van der Waals surface area contributed by atoms with Crippen molar-refractivity contribution in [1.29, 1.82) is 0 Å². The summed E-state index contributed by atoms with van der Waals surface area (Å²) in [7, 11) is 1.31. The molecule has 0 unspecified atom stereocenters. The van der Waals surface area contributed by atoms with E-state index in [-0.39, 0.29) is 12.5 Å². The van der Waals surface area contributed by atoms with Crippen LogP contribution >= 0.6 is 11.3 Å². The standard InChI is InChI=1S/C17H17NO5S/c1-9-10(2)24-16(14(9)17(20)21-3)18-15(19)13-8-22-11-6-4-5-7-12(11)23-13/h4-7,13H,8H2,1-3H3,(H,18,19)/t13-/m0/s1. The third-order valence-corrected chi connectivity index (χ3v) is 4.94. The summed E-state index contributed by atoms with van der Waals surface area (Å²) < 4.78 is 16.0. The number of hydrogen-bond donors (Lipinski definition) is 1. The number of aryl methyl sites for hydroxylation is 1. The van der Waals surface area contributed by atoms with Crippen LogP contribution < -0.4 is 14.8 Å². The molecule has 0 aliphatic carbocycles. The number of benzene rings is 1. The Morgan fingerprint density at radius 1 is 1.25 bits per heavy atom. The van der Waals surface area contributed by atoms with Crippen molar-refractivity contribution in [3.8, 4) is 11.5 Å². The Morgan fingerprint density at radius 3 is 2.67 bits per heavy atom. The molecule has 1 N–H and O–H groups in total. The van der Waals surface area contributed by atoms with Gasteiger partial charge in [-0.1, -0.05) is 12.1 Å². The molecule has 0 radical (unpaired) electrons. The maximum atomic E-state index is 12.5. The highest BCUT2D eigenvalue weighted by atomic mass is 32.1. The molecule has 1 aliphatic heterocycles. The highest BCUT2D eigenvalue weighted by molar-refractivity contribution is 7.16. The SMILES string of the molecule is COC(=O)c1c(NC(=O)[C@@H]2COc3ccccc3O2)sc(C)c1C. The van der Waals surface area contributed by atoms with Crippen LogP contribution in [0.25, 0.3) is 0 Å². The molecule has 1 aromatic heterocycles. The number of carbonyl (C=O) groups is 2. The molecule has 1 aromatic carbocycles. The average Bonchev–Trinajstić information content (AvgIpc) is 2.87. The molecule has 3 rings (SSSR count). The summed E-state index contributed by atoms with van der Waals surface area (Å²) in [6, 6.07) is 7.17. The second-order valence-corrected chi connectivity index (χ2v) is 6.56. The summed E-state index contributed by atoms with van der Waals surface area (Å²) in [5, 5.41) is 3.22. The van der Waals surface area contributed by atoms with E-state index in [1.54, 1.807) is 12.1 Å². The van der Waals surface area contributed by atoms with Gasteiger partial charge in [-0.3, -0.25) is 4.79 Å². The third kappa shape index (κ3) is 2.94. The smallest absolute Gasteiger partial charge is 0.341 e. The normalized spacial score (nSPS) is 15.7. The minimum absolute atomic E-state index is 0.111. The first-order chi connectivity index (χ1) is 11.5. The van der Waals surface area contributed by atoms with Crippen molar-refractivity contribution in [2.45, 2.75) is 20.0 Å². The lowest BCUT2D eigenvalue weighted by Gasteiger charge is -2.25. The quantitative estimate of drug-likeness (QED) is 0.864. The largest absolute Gasteiger partial charge is 0.485 e. The Morgan fingerprint density at radius 2 is 1.96 bits per heavy atom. The minimum Gasteiger partial charge on any atom is -0.485 e. The second kappa shape index (κ2) is 6.52. The van der Waals surface area contributed by atoms with Crippen LogP contribution in [0.1, 0.15) is 20.8 Å². The van der Waals surface area contributed by atoms with Gasteiger partial charge in [0.05, 0.1) is 12.7 Å². The number of carbonyl (C=O) groups excluding carboxylic acids is 2. The molecule has 6 nitrogen and oxygen atoms in total. The van der Waals surface area contributed by atoms with Crippen LogP contribution in [0.4, 0.5) is 5.00 Å². The van der Waals surface area contributed by atoms with E-state index in [9.17, 15) is 9.59 Å². The number of anilines is 1. The van der Waals surface area contributed by atoms with Gasteiger partial charge in [0.2, 0.25) is 6.10 Å². The topological polar surface area (TPSA) is 73.9 Å². The first-order valence-corrected chi connectivity index (χ1v) is 8.20.